The van der Waals surface area contributed by atoms with Crippen LogP contribution in [0.15, 0.2) is 12.1 Å². The lowest BCUT2D eigenvalue weighted by Crippen LogP contribution is -2.30. The molecule has 17 heavy (non-hydrogen) atoms. The highest BCUT2D eigenvalue weighted by molar-refractivity contribution is 5.72. The lowest BCUT2D eigenvalue weighted by Gasteiger charge is -2.12. The van der Waals surface area contributed by atoms with Crippen LogP contribution in [0.3, 0.4) is 0 Å². The van der Waals surface area contributed by atoms with E-state index in [0.29, 0.717) is 6.54 Å². The summed E-state index contributed by atoms with van der Waals surface area (Å²) in [6.07, 6.45) is 0. The molecule has 0 aliphatic heterocycles. The molecule has 0 bridgehead atoms. The standard InChI is InChI=1S/C14H22N2O/c1-10-7-11(2)14(12(3)8-10)9-15-5-6-16-13(4)17/h7-8,15H,5-6,9H2,1-4H3,(H,16,17). The van der Waals surface area contributed by atoms with Crippen molar-refractivity contribution in [2.24, 2.45) is 0 Å². The average molecular weight is 234 g/mol. The summed E-state index contributed by atoms with van der Waals surface area (Å²) in [5.41, 5.74) is 5.32. The van der Waals surface area contributed by atoms with E-state index in [4.69, 9.17) is 0 Å². The maximum atomic E-state index is 10.7. The zero-order chi connectivity index (χ0) is 12.8. The van der Waals surface area contributed by atoms with Gasteiger partial charge in [-0.1, -0.05) is 17.7 Å². The van der Waals surface area contributed by atoms with E-state index in [-0.39, 0.29) is 5.91 Å². The molecule has 0 saturated heterocycles. The summed E-state index contributed by atoms with van der Waals surface area (Å²) in [5, 5.41) is 6.11. The van der Waals surface area contributed by atoms with Gasteiger partial charge in [-0.25, -0.2) is 0 Å². The minimum Gasteiger partial charge on any atom is -0.355 e. The third-order valence-corrected chi connectivity index (χ3v) is 2.82. The monoisotopic (exact) mass is 234 g/mol. The largest absolute Gasteiger partial charge is 0.355 e. The molecule has 0 radical (unpaired) electrons. The molecule has 0 atom stereocenters. The van der Waals surface area contributed by atoms with Crippen LogP contribution >= 0.6 is 0 Å². The fourth-order valence-electron chi connectivity index (χ4n) is 2.03. The molecule has 0 aromatic heterocycles. The summed E-state index contributed by atoms with van der Waals surface area (Å²) in [7, 11) is 0. The fourth-order valence-corrected chi connectivity index (χ4v) is 2.03. The van der Waals surface area contributed by atoms with Crippen LogP contribution in [0.5, 0.6) is 0 Å². The van der Waals surface area contributed by atoms with Gasteiger partial charge in [0.05, 0.1) is 0 Å². The zero-order valence-electron chi connectivity index (χ0n) is 11.2. The maximum Gasteiger partial charge on any atom is 0.216 e. The van der Waals surface area contributed by atoms with Crippen LogP contribution in [0.25, 0.3) is 0 Å². The van der Waals surface area contributed by atoms with Crippen molar-refractivity contribution in [3.63, 3.8) is 0 Å². The highest BCUT2D eigenvalue weighted by Gasteiger charge is 2.02. The molecule has 0 unspecified atom stereocenters. The van der Waals surface area contributed by atoms with E-state index < -0.39 is 0 Å². The molecule has 3 heteroatoms. The molecule has 1 aromatic rings. The Bertz CT molecular complexity index is 376. The first kappa shape index (κ1) is 13.7. The van der Waals surface area contributed by atoms with Gasteiger partial charge in [0.2, 0.25) is 5.91 Å². The van der Waals surface area contributed by atoms with Crippen molar-refractivity contribution in [3.05, 3.63) is 34.4 Å². The van der Waals surface area contributed by atoms with Crippen molar-refractivity contribution in [2.75, 3.05) is 13.1 Å². The predicted molar refractivity (Wildman–Crippen MR) is 71.0 cm³/mol. The van der Waals surface area contributed by atoms with Gasteiger partial charge in [0.15, 0.2) is 0 Å². The van der Waals surface area contributed by atoms with E-state index >= 15 is 0 Å². The van der Waals surface area contributed by atoms with Crippen molar-refractivity contribution < 1.29 is 4.79 Å². The van der Waals surface area contributed by atoms with E-state index in [9.17, 15) is 4.79 Å². The molecule has 94 valence electrons. The Balaban J connectivity index is 2.44. The molecule has 1 amide bonds. The van der Waals surface area contributed by atoms with Crippen molar-refractivity contribution in [1.29, 1.82) is 0 Å². The Hall–Kier alpha value is -1.35. The van der Waals surface area contributed by atoms with E-state index in [1.807, 2.05) is 0 Å². The van der Waals surface area contributed by atoms with Crippen LogP contribution in [0.2, 0.25) is 0 Å². The highest BCUT2D eigenvalue weighted by atomic mass is 16.1. The van der Waals surface area contributed by atoms with Gasteiger partial charge in [-0.3, -0.25) is 4.79 Å². The topological polar surface area (TPSA) is 41.1 Å². The minimum atomic E-state index is 0.0227. The smallest absolute Gasteiger partial charge is 0.216 e. The Labute approximate surface area is 104 Å². The second kappa shape index (κ2) is 6.40. The van der Waals surface area contributed by atoms with Crippen LogP contribution < -0.4 is 10.6 Å². The van der Waals surface area contributed by atoms with Crippen molar-refractivity contribution in [3.8, 4) is 0 Å². The van der Waals surface area contributed by atoms with Gasteiger partial charge in [0.25, 0.3) is 0 Å². The summed E-state index contributed by atoms with van der Waals surface area (Å²) < 4.78 is 0. The van der Waals surface area contributed by atoms with Crippen LogP contribution in [0, 0.1) is 20.8 Å². The molecule has 2 N–H and O–H groups in total. The van der Waals surface area contributed by atoms with E-state index in [1.165, 1.54) is 29.2 Å². The quantitative estimate of drug-likeness (QED) is 0.763. The third kappa shape index (κ3) is 4.57. The molecule has 0 spiro atoms. The second-order valence-electron chi connectivity index (χ2n) is 4.54. The molecule has 1 rings (SSSR count). The zero-order valence-corrected chi connectivity index (χ0v) is 11.2. The number of rotatable bonds is 5. The molecule has 0 aliphatic carbocycles. The number of aryl methyl sites for hydroxylation is 3. The first-order valence-corrected chi connectivity index (χ1v) is 6.02. The summed E-state index contributed by atoms with van der Waals surface area (Å²) >= 11 is 0. The van der Waals surface area contributed by atoms with Gasteiger partial charge in [-0.2, -0.15) is 0 Å². The Morgan fingerprint density at radius 2 is 1.71 bits per heavy atom. The molecule has 0 saturated carbocycles. The minimum absolute atomic E-state index is 0.0227. The summed E-state index contributed by atoms with van der Waals surface area (Å²) in [4.78, 5) is 10.7. The second-order valence-corrected chi connectivity index (χ2v) is 4.54. The summed E-state index contributed by atoms with van der Waals surface area (Å²) in [5.74, 6) is 0.0227. The maximum absolute atomic E-state index is 10.7. The molecule has 0 fully saturated rings. The lowest BCUT2D eigenvalue weighted by molar-refractivity contribution is -0.118. The number of benzene rings is 1. The number of amides is 1. The highest BCUT2D eigenvalue weighted by Crippen LogP contribution is 2.15. The number of hydrogen-bond acceptors (Lipinski definition) is 2. The molecular weight excluding hydrogens is 212 g/mol. The number of carbonyl (C=O) groups excluding carboxylic acids is 1. The summed E-state index contributed by atoms with van der Waals surface area (Å²) in [6.45, 7) is 10.3. The molecule has 0 heterocycles. The van der Waals surface area contributed by atoms with Crippen LogP contribution in [-0.4, -0.2) is 19.0 Å². The van der Waals surface area contributed by atoms with Gasteiger partial charge in [0, 0.05) is 26.6 Å². The normalized spacial score (nSPS) is 10.4. The predicted octanol–water partition coefficient (Wildman–Crippen LogP) is 1.84. The van der Waals surface area contributed by atoms with E-state index in [1.54, 1.807) is 0 Å². The van der Waals surface area contributed by atoms with Crippen molar-refractivity contribution >= 4 is 5.91 Å². The van der Waals surface area contributed by atoms with E-state index in [0.717, 1.165) is 13.1 Å². The lowest BCUT2D eigenvalue weighted by atomic mass is 10.00. The Morgan fingerprint density at radius 1 is 1.12 bits per heavy atom. The van der Waals surface area contributed by atoms with Crippen LogP contribution in [0.1, 0.15) is 29.2 Å². The number of hydrogen-bond donors (Lipinski definition) is 2. The van der Waals surface area contributed by atoms with Crippen LogP contribution in [-0.2, 0) is 11.3 Å². The van der Waals surface area contributed by atoms with Crippen molar-refractivity contribution in [1.82, 2.24) is 10.6 Å². The van der Waals surface area contributed by atoms with Crippen LogP contribution in [0.4, 0.5) is 0 Å². The van der Waals surface area contributed by atoms with Crippen molar-refractivity contribution in [2.45, 2.75) is 34.2 Å². The SMILES string of the molecule is CC(=O)NCCNCc1c(C)cc(C)cc1C. The average Bonchev–Trinajstić information content (AvgIpc) is 2.20. The summed E-state index contributed by atoms with van der Waals surface area (Å²) in [6, 6.07) is 4.41. The van der Waals surface area contributed by atoms with E-state index in [2.05, 4.69) is 43.5 Å². The van der Waals surface area contributed by atoms with Gasteiger partial charge < -0.3 is 10.6 Å². The molecular formula is C14H22N2O. The van der Waals surface area contributed by atoms with Gasteiger partial charge in [0.1, 0.15) is 0 Å². The van der Waals surface area contributed by atoms with Gasteiger partial charge >= 0.3 is 0 Å². The van der Waals surface area contributed by atoms with Gasteiger partial charge in [-0.05, 0) is 37.5 Å². The van der Waals surface area contributed by atoms with Gasteiger partial charge in [-0.15, -0.1) is 0 Å². The number of nitrogens with one attached hydrogen (secondary N) is 2. The first-order valence-electron chi connectivity index (χ1n) is 6.02. The first-order chi connectivity index (χ1) is 8.00. The molecule has 3 nitrogen and oxygen atoms in total. The molecule has 0 aliphatic rings. The Kier molecular flexibility index (Phi) is 5.16. The molecule has 1 aromatic carbocycles. The fraction of sp³-hybridized carbons (Fsp3) is 0.500. The third-order valence-electron chi connectivity index (χ3n) is 2.82. The number of carbonyl (C=O) groups is 1. The Morgan fingerprint density at radius 3 is 2.24 bits per heavy atom.